The van der Waals surface area contributed by atoms with Crippen LogP contribution in [0.3, 0.4) is 0 Å². The summed E-state index contributed by atoms with van der Waals surface area (Å²) in [5.41, 5.74) is 7.48. The number of anilines is 1. The fourth-order valence-electron chi connectivity index (χ4n) is 3.03. The maximum Gasteiger partial charge on any atom is 0.266 e. The first kappa shape index (κ1) is 17.6. The lowest BCUT2D eigenvalue weighted by atomic mass is 10.1. The molecule has 3 N–H and O–H groups in total. The second-order valence-corrected chi connectivity index (χ2v) is 6.38. The van der Waals surface area contributed by atoms with Crippen LogP contribution in [-0.4, -0.2) is 34.6 Å². The normalized spacial score (nSPS) is 12.4. The molecule has 3 aromatic heterocycles. The summed E-state index contributed by atoms with van der Waals surface area (Å²) < 4.78 is 16.6. The quantitative estimate of drug-likeness (QED) is 0.552. The molecule has 0 radical (unpaired) electrons. The molecular weight excluding hydrogens is 365 g/mol. The lowest BCUT2D eigenvalue weighted by Crippen LogP contribution is -2.21. The molecule has 0 spiro atoms. The third-order valence-corrected chi connectivity index (χ3v) is 4.51. The van der Waals surface area contributed by atoms with Gasteiger partial charge >= 0.3 is 0 Å². The van der Waals surface area contributed by atoms with Gasteiger partial charge in [-0.1, -0.05) is 0 Å². The Bertz CT molecular complexity index is 1240. The summed E-state index contributed by atoms with van der Waals surface area (Å²) in [5, 5.41) is 18.8. The molecule has 0 bridgehead atoms. The average Bonchev–Trinajstić information content (AvgIpc) is 3.04. The van der Waals surface area contributed by atoms with Crippen LogP contribution in [0.1, 0.15) is 18.5 Å². The summed E-state index contributed by atoms with van der Waals surface area (Å²) in [6.07, 6.45) is 2.87. The van der Waals surface area contributed by atoms with E-state index in [1.165, 1.54) is 29.2 Å². The minimum Gasteiger partial charge on any atom is -0.508 e. The van der Waals surface area contributed by atoms with Gasteiger partial charge in [0.2, 0.25) is 0 Å². The number of benzene rings is 1. The molecule has 0 aliphatic heterocycles. The maximum atomic E-state index is 13.8. The van der Waals surface area contributed by atoms with E-state index in [1.54, 1.807) is 17.9 Å². The van der Waals surface area contributed by atoms with Crippen LogP contribution >= 0.6 is 0 Å². The molecular formula is C18H16FN7O2. The van der Waals surface area contributed by atoms with E-state index in [0.717, 1.165) is 6.07 Å². The van der Waals surface area contributed by atoms with E-state index >= 15 is 0 Å². The third kappa shape index (κ3) is 2.84. The first-order valence-electron chi connectivity index (χ1n) is 8.37. The number of fused-ring (bicyclic) bond motifs is 1. The minimum absolute atomic E-state index is 0.171. The van der Waals surface area contributed by atoms with Crippen molar-refractivity contribution in [3.05, 3.63) is 58.5 Å². The highest BCUT2D eigenvalue weighted by molar-refractivity contribution is 5.98. The summed E-state index contributed by atoms with van der Waals surface area (Å²) in [6.45, 7) is 1.83. The van der Waals surface area contributed by atoms with E-state index in [2.05, 4.69) is 20.2 Å². The molecule has 0 aliphatic carbocycles. The lowest BCUT2D eigenvalue weighted by Gasteiger charge is -2.13. The van der Waals surface area contributed by atoms with Crippen LogP contribution in [0.4, 0.5) is 10.2 Å². The van der Waals surface area contributed by atoms with Crippen molar-refractivity contribution in [2.75, 3.05) is 5.73 Å². The zero-order valence-electron chi connectivity index (χ0n) is 15.0. The van der Waals surface area contributed by atoms with E-state index in [4.69, 9.17) is 5.73 Å². The molecule has 0 saturated heterocycles. The predicted molar refractivity (Wildman–Crippen MR) is 100 cm³/mol. The second kappa shape index (κ2) is 6.41. The Balaban J connectivity index is 1.96. The highest BCUT2D eigenvalue weighted by atomic mass is 19.1. The van der Waals surface area contributed by atoms with Crippen molar-refractivity contribution >= 4 is 16.9 Å². The van der Waals surface area contributed by atoms with Crippen molar-refractivity contribution in [1.29, 1.82) is 0 Å². The Morgan fingerprint density at radius 2 is 2.00 bits per heavy atom. The number of aryl methyl sites for hydroxylation is 1. The van der Waals surface area contributed by atoms with Gasteiger partial charge in [0, 0.05) is 30.3 Å². The number of halogens is 1. The zero-order valence-corrected chi connectivity index (χ0v) is 15.0. The van der Waals surface area contributed by atoms with Crippen LogP contribution in [0, 0.1) is 5.82 Å². The van der Waals surface area contributed by atoms with Gasteiger partial charge in [0.05, 0.1) is 17.6 Å². The number of nitrogen functional groups attached to an aromatic ring is 1. The molecule has 142 valence electrons. The second-order valence-electron chi connectivity index (χ2n) is 6.38. The fourth-order valence-corrected chi connectivity index (χ4v) is 3.03. The molecule has 1 unspecified atom stereocenters. The summed E-state index contributed by atoms with van der Waals surface area (Å²) in [6, 6.07) is 4.67. The fraction of sp³-hybridized carbons (Fsp3) is 0.167. The Labute approximate surface area is 157 Å². The molecule has 28 heavy (non-hydrogen) atoms. The third-order valence-electron chi connectivity index (χ3n) is 4.51. The molecule has 0 amide bonds. The van der Waals surface area contributed by atoms with Crippen LogP contribution in [0.25, 0.3) is 22.3 Å². The molecule has 0 saturated carbocycles. The van der Waals surface area contributed by atoms with Crippen molar-refractivity contribution in [3.8, 4) is 17.0 Å². The number of rotatable bonds is 3. The molecule has 4 aromatic rings. The van der Waals surface area contributed by atoms with E-state index in [0.29, 0.717) is 27.9 Å². The van der Waals surface area contributed by atoms with Gasteiger partial charge in [0.1, 0.15) is 29.4 Å². The van der Waals surface area contributed by atoms with Crippen molar-refractivity contribution in [1.82, 2.24) is 29.5 Å². The monoisotopic (exact) mass is 381 g/mol. The summed E-state index contributed by atoms with van der Waals surface area (Å²) >= 11 is 0. The predicted octanol–water partition coefficient (Wildman–Crippen LogP) is 1.62. The van der Waals surface area contributed by atoms with Crippen molar-refractivity contribution in [2.24, 2.45) is 7.05 Å². The van der Waals surface area contributed by atoms with Crippen molar-refractivity contribution in [2.45, 2.75) is 13.0 Å². The van der Waals surface area contributed by atoms with E-state index in [-0.39, 0.29) is 17.1 Å². The van der Waals surface area contributed by atoms with E-state index < -0.39 is 11.9 Å². The van der Waals surface area contributed by atoms with Gasteiger partial charge in [-0.25, -0.2) is 23.7 Å². The number of phenols is 1. The standard InChI is InChI=1S/C18H16FN7O2/c1-9(11-5-14(28)25(2)23-7-11)26-18-15(17(20)21-8-22-18)16(24-26)10-3-12(19)6-13(27)4-10/h3-9,27H,1-2H3,(H2,20,21,22). The first-order valence-corrected chi connectivity index (χ1v) is 8.37. The number of hydrogen-bond donors (Lipinski definition) is 2. The van der Waals surface area contributed by atoms with Crippen LogP contribution in [0.5, 0.6) is 5.75 Å². The van der Waals surface area contributed by atoms with Gasteiger partial charge in [0.25, 0.3) is 5.56 Å². The van der Waals surface area contributed by atoms with Gasteiger partial charge in [-0.2, -0.15) is 10.2 Å². The summed E-state index contributed by atoms with van der Waals surface area (Å²) in [5.74, 6) is -0.682. The average molecular weight is 381 g/mol. The molecule has 0 aliphatic rings. The van der Waals surface area contributed by atoms with Crippen molar-refractivity contribution < 1.29 is 9.50 Å². The molecule has 4 rings (SSSR count). The van der Waals surface area contributed by atoms with Gasteiger partial charge in [-0.05, 0) is 19.1 Å². The first-order chi connectivity index (χ1) is 13.3. The minimum atomic E-state index is -0.614. The molecule has 10 heteroatoms. The number of nitrogens with two attached hydrogens (primary N) is 1. The Morgan fingerprint density at radius 1 is 1.21 bits per heavy atom. The van der Waals surface area contributed by atoms with Crippen LogP contribution in [0.15, 0.2) is 41.6 Å². The van der Waals surface area contributed by atoms with Crippen LogP contribution in [-0.2, 0) is 7.05 Å². The lowest BCUT2D eigenvalue weighted by molar-refractivity contribution is 0.469. The zero-order chi connectivity index (χ0) is 20.0. The molecule has 3 heterocycles. The number of aromatic nitrogens is 6. The topological polar surface area (TPSA) is 125 Å². The van der Waals surface area contributed by atoms with E-state index in [1.807, 2.05) is 6.92 Å². The number of phenolic OH excluding ortho intramolecular Hbond substituents is 1. The van der Waals surface area contributed by atoms with Crippen LogP contribution in [0.2, 0.25) is 0 Å². The number of nitrogens with zero attached hydrogens (tertiary/aromatic N) is 6. The number of aromatic hydroxyl groups is 1. The summed E-state index contributed by atoms with van der Waals surface area (Å²) in [7, 11) is 1.56. The molecule has 1 aromatic carbocycles. The van der Waals surface area contributed by atoms with Crippen molar-refractivity contribution in [3.63, 3.8) is 0 Å². The highest BCUT2D eigenvalue weighted by Gasteiger charge is 2.22. The molecule has 1 atom stereocenters. The Hall–Kier alpha value is -3.82. The highest BCUT2D eigenvalue weighted by Crippen LogP contribution is 2.34. The van der Waals surface area contributed by atoms with Gasteiger partial charge < -0.3 is 10.8 Å². The molecule has 0 fully saturated rings. The van der Waals surface area contributed by atoms with E-state index in [9.17, 15) is 14.3 Å². The van der Waals surface area contributed by atoms with Gasteiger partial charge in [-0.3, -0.25) is 4.79 Å². The number of hydrogen-bond acceptors (Lipinski definition) is 7. The Morgan fingerprint density at radius 3 is 2.71 bits per heavy atom. The van der Waals surface area contributed by atoms with Gasteiger partial charge in [-0.15, -0.1) is 0 Å². The summed E-state index contributed by atoms with van der Waals surface area (Å²) in [4.78, 5) is 20.2. The Kier molecular flexibility index (Phi) is 4.03. The SMILES string of the molecule is CC(c1cnn(C)c(=O)c1)n1nc(-c2cc(O)cc(F)c2)c2c(N)ncnc21. The largest absolute Gasteiger partial charge is 0.508 e. The van der Waals surface area contributed by atoms with Gasteiger partial charge in [0.15, 0.2) is 5.65 Å². The maximum absolute atomic E-state index is 13.8. The molecule has 9 nitrogen and oxygen atoms in total. The van der Waals surface area contributed by atoms with Crippen LogP contribution < -0.4 is 11.3 Å². The smallest absolute Gasteiger partial charge is 0.266 e.